The second-order valence-corrected chi connectivity index (χ2v) is 7.46. The van der Waals surface area contributed by atoms with Crippen molar-refractivity contribution < 1.29 is 14.6 Å². The zero-order valence-corrected chi connectivity index (χ0v) is 15.3. The average molecular weight is 346 g/mol. The molecule has 1 N–H and O–H groups in total. The smallest absolute Gasteiger partial charge is 0.308 e. The number of benzene rings is 1. The van der Waals surface area contributed by atoms with Crippen LogP contribution in [0.4, 0.5) is 0 Å². The monoisotopic (exact) mass is 346 g/mol. The molecule has 1 aromatic carbocycles. The van der Waals surface area contributed by atoms with Gasteiger partial charge in [0.1, 0.15) is 0 Å². The third kappa shape index (κ3) is 4.40. The van der Waals surface area contributed by atoms with Gasteiger partial charge in [-0.3, -0.25) is 14.6 Å². The first-order valence-corrected chi connectivity index (χ1v) is 9.36. The van der Waals surface area contributed by atoms with Gasteiger partial charge in [0, 0.05) is 38.3 Å². The molecule has 5 heteroatoms. The van der Waals surface area contributed by atoms with Crippen molar-refractivity contribution in [2.24, 2.45) is 5.92 Å². The average Bonchev–Trinajstić information content (AvgIpc) is 2.93. The Morgan fingerprint density at radius 3 is 2.68 bits per heavy atom. The highest BCUT2D eigenvalue weighted by molar-refractivity contribution is 5.72. The number of esters is 1. The summed E-state index contributed by atoms with van der Waals surface area (Å²) in [6.07, 6.45) is 1.89. The van der Waals surface area contributed by atoms with E-state index in [0.717, 1.165) is 32.6 Å². The largest absolute Gasteiger partial charge is 0.469 e. The van der Waals surface area contributed by atoms with Gasteiger partial charge in [0.15, 0.2) is 0 Å². The van der Waals surface area contributed by atoms with Crippen molar-refractivity contribution in [2.75, 3.05) is 26.7 Å². The number of aliphatic hydroxyl groups excluding tert-OH is 1. The van der Waals surface area contributed by atoms with E-state index in [4.69, 9.17) is 4.74 Å². The lowest BCUT2D eigenvalue weighted by Crippen LogP contribution is -2.42. The Hall–Kier alpha value is -1.43. The first-order chi connectivity index (χ1) is 12.1. The molecule has 0 aromatic heterocycles. The van der Waals surface area contributed by atoms with Gasteiger partial charge in [-0.2, -0.15) is 0 Å². The highest BCUT2D eigenvalue weighted by atomic mass is 16.5. The number of carbonyl (C=O) groups excluding carboxylic acids is 1. The zero-order chi connectivity index (χ0) is 17.8. The van der Waals surface area contributed by atoms with Gasteiger partial charge < -0.3 is 9.84 Å². The highest BCUT2D eigenvalue weighted by Crippen LogP contribution is 2.31. The maximum absolute atomic E-state index is 11.8. The summed E-state index contributed by atoms with van der Waals surface area (Å²) in [6, 6.07) is 11.2. The molecule has 1 aliphatic carbocycles. The second kappa shape index (κ2) is 8.30. The van der Waals surface area contributed by atoms with Gasteiger partial charge in [0.2, 0.25) is 0 Å². The molecule has 0 amide bonds. The van der Waals surface area contributed by atoms with Crippen LogP contribution in [0.2, 0.25) is 0 Å². The predicted octanol–water partition coefficient (Wildman–Crippen LogP) is 1.90. The molecule has 1 aliphatic heterocycles. The molecule has 0 bridgehead atoms. The van der Waals surface area contributed by atoms with Gasteiger partial charge in [-0.15, -0.1) is 0 Å². The SMILES string of the molecule is COC(=O)C1CC(O)C(N2CCC(C)N(Cc3ccccc3)CC2)C1. The Bertz CT molecular complexity index is 565. The van der Waals surface area contributed by atoms with Crippen molar-refractivity contribution in [1.82, 2.24) is 9.80 Å². The van der Waals surface area contributed by atoms with E-state index in [0.29, 0.717) is 18.9 Å². The van der Waals surface area contributed by atoms with Crippen molar-refractivity contribution in [3.8, 4) is 0 Å². The lowest BCUT2D eigenvalue weighted by atomic mass is 10.1. The second-order valence-electron chi connectivity index (χ2n) is 7.46. The van der Waals surface area contributed by atoms with Crippen LogP contribution in [-0.2, 0) is 16.1 Å². The standard InChI is InChI=1S/C20H30N2O3/c1-15-8-9-21(18-12-17(13-19(18)23)20(24)25-2)10-11-22(15)14-16-6-4-3-5-7-16/h3-7,15,17-19,23H,8-14H2,1-2H3. The normalized spacial score (nSPS) is 31.6. The molecular weight excluding hydrogens is 316 g/mol. The van der Waals surface area contributed by atoms with E-state index in [2.05, 4.69) is 47.1 Å². The lowest BCUT2D eigenvalue weighted by molar-refractivity contribution is -0.145. The van der Waals surface area contributed by atoms with E-state index in [1.807, 2.05) is 0 Å². The van der Waals surface area contributed by atoms with E-state index < -0.39 is 6.10 Å². The molecule has 138 valence electrons. The number of carbonyl (C=O) groups is 1. The number of aliphatic hydroxyl groups is 1. The molecule has 2 aliphatic rings. The van der Waals surface area contributed by atoms with Crippen LogP contribution in [0.5, 0.6) is 0 Å². The van der Waals surface area contributed by atoms with Crippen LogP contribution in [0.3, 0.4) is 0 Å². The molecule has 1 saturated carbocycles. The molecule has 1 aromatic rings. The molecule has 25 heavy (non-hydrogen) atoms. The van der Waals surface area contributed by atoms with Gasteiger partial charge in [-0.1, -0.05) is 30.3 Å². The van der Waals surface area contributed by atoms with Crippen LogP contribution in [0.15, 0.2) is 30.3 Å². The maximum Gasteiger partial charge on any atom is 0.308 e. The summed E-state index contributed by atoms with van der Waals surface area (Å²) < 4.78 is 4.87. The minimum atomic E-state index is -0.430. The van der Waals surface area contributed by atoms with Gasteiger partial charge in [-0.25, -0.2) is 0 Å². The molecule has 4 unspecified atom stereocenters. The summed E-state index contributed by atoms with van der Waals surface area (Å²) in [6.45, 7) is 6.15. The van der Waals surface area contributed by atoms with Crippen molar-refractivity contribution in [2.45, 2.75) is 50.9 Å². The van der Waals surface area contributed by atoms with Gasteiger partial charge in [-0.05, 0) is 31.7 Å². The van der Waals surface area contributed by atoms with Crippen LogP contribution in [0.1, 0.15) is 31.7 Å². The fraction of sp³-hybridized carbons (Fsp3) is 0.650. The highest BCUT2D eigenvalue weighted by Gasteiger charge is 2.41. The van der Waals surface area contributed by atoms with E-state index in [-0.39, 0.29) is 17.9 Å². The van der Waals surface area contributed by atoms with Crippen LogP contribution in [0, 0.1) is 5.92 Å². The van der Waals surface area contributed by atoms with Crippen LogP contribution in [0.25, 0.3) is 0 Å². The minimum absolute atomic E-state index is 0.0768. The lowest BCUT2D eigenvalue weighted by Gasteiger charge is -2.30. The Labute approximate surface area is 150 Å². The van der Waals surface area contributed by atoms with Gasteiger partial charge >= 0.3 is 5.97 Å². The van der Waals surface area contributed by atoms with E-state index in [9.17, 15) is 9.90 Å². The Morgan fingerprint density at radius 1 is 1.20 bits per heavy atom. The molecule has 2 fully saturated rings. The number of hydrogen-bond donors (Lipinski definition) is 1. The van der Waals surface area contributed by atoms with Crippen molar-refractivity contribution in [1.29, 1.82) is 0 Å². The molecular formula is C20H30N2O3. The van der Waals surface area contributed by atoms with Crippen LogP contribution in [-0.4, -0.2) is 65.8 Å². The third-order valence-corrected chi connectivity index (χ3v) is 5.86. The fourth-order valence-corrected chi connectivity index (χ4v) is 4.25. The Kier molecular flexibility index (Phi) is 6.10. The summed E-state index contributed by atoms with van der Waals surface area (Å²) in [7, 11) is 1.43. The zero-order valence-electron chi connectivity index (χ0n) is 15.3. The first-order valence-electron chi connectivity index (χ1n) is 9.36. The summed E-state index contributed by atoms with van der Waals surface area (Å²) in [4.78, 5) is 16.7. The summed E-state index contributed by atoms with van der Waals surface area (Å²) in [5.74, 6) is -0.346. The molecule has 4 atom stereocenters. The molecule has 0 radical (unpaired) electrons. The third-order valence-electron chi connectivity index (χ3n) is 5.86. The minimum Gasteiger partial charge on any atom is -0.469 e. The van der Waals surface area contributed by atoms with E-state index >= 15 is 0 Å². The summed E-state index contributed by atoms with van der Waals surface area (Å²) in [5, 5.41) is 10.5. The van der Waals surface area contributed by atoms with Crippen molar-refractivity contribution >= 4 is 5.97 Å². The van der Waals surface area contributed by atoms with Gasteiger partial charge in [0.05, 0.1) is 19.1 Å². The molecule has 1 heterocycles. The van der Waals surface area contributed by atoms with Crippen LogP contribution >= 0.6 is 0 Å². The fourth-order valence-electron chi connectivity index (χ4n) is 4.25. The molecule has 5 nitrogen and oxygen atoms in total. The Morgan fingerprint density at radius 2 is 1.96 bits per heavy atom. The van der Waals surface area contributed by atoms with Crippen LogP contribution < -0.4 is 0 Å². The quantitative estimate of drug-likeness (QED) is 0.844. The van der Waals surface area contributed by atoms with Crippen molar-refractivity contribution in [3.05, 3.63) is 35.9 Å². The number of rotatable bonds is 4. The van der Waals surface area contributed by atoms with Gasteiger partial charge in [0.25, 0.3) is 0 Å². The topological polar surface area (TPSA) is 53.0 Å². The Balaban J connectivity index is 1.60. The van der Waals surface area contributed by atoms with E-state index in [1.54, 1.807) is 0 Å². The molecule has 1 saturated heterocycles. The summed E-state index contributed by atoms with van der Waals surface area (Å²) in [5.41, 5.74) is 1.34. The van der Waals surface area contributed by atoms with E-state index in [1.165, 1.54) is 12.7 Å². The number of hydrogen-bond acceptors (Lipinski definition) is 5. The predicted molar refractivity (Wildman–Crippen MR) is 97.0 cm³/mol. The maximum atomic E-state index is 11.8. The van der Waals surface area contributed by atoms with Crippen molar-refractivity contribution in [3.63, 3.8) is 0 Å². The molecule has 3 rings (SSSR count). The number of ether oxygens (including phenoxy) is 1. The number of methoxy groups -OCH3 is 1. The number of nitrogens with zero attached hydrogens (tertiary/aromatic N) is 2. The molecule has 0 spiro atoms. The summed E-state index contributed by atoms with van der Waals surface area (Å²) >= 11 is 0. The first kappa shape index (κ1) is 18.4.